The van der Waals surface area contributed by atoms with Crippen molar-refractivity contribution < 1.29 is 18.0 Å². The van der Waals surface area contributed by atoms with Crippen molar-refractivity contribution in [3.63, 3.8) is 0 Å². The van der Waals surface area contributed by atoms with E-state index >= 15 is 0 Å². The number of unbranched alkanes of at least 4 members (excludes halogenated alkanes) is 1. The van der Waals surface area contributed by atoms with Crippen LogP contribution in [0.4, 0.5) is 5.69 Å². The van der Waals surface area contributed by atoms with Crippen molar-refractivity contribution in [1.82, 2.24) is 10.2 Å². The Morgan fingerprint density at radius 3 is 2.30 bits per heavy atom. The molecule has 0 aliphatic heterocycles. The molecule has 10 heteroatoms. The lowest BCUT2D eigenvalue weighted by molar-refractivity contribution is -0.139. The average Bonchev–Trinajstić information content (AvgIpc) is 2.75. The van der Waals surface area contributed by atoms with E-state index in [1.807, 2.05) is 31.2 Å². The van der Waals surface area contributed by atoms with Gasteiger partial charge in [-0.1, -0.05) is 63.4 Å². The van der Waals surface area contributed by atoms with Gasteiger partial charge in [0.2, 0.25) is 21.8 Å². The monoisotopic (exact) mass is 601 g/mol. The molecule has 0 radical (unpaired) electrons. The average molecular weight is 603 g/mol. The molecule has 180 valence electrons. The topological polar surface area (TPSA) is 86.8 Å². The fourth-order valence-corrected chi connectivity index (χ4v) is 4.64. The van der Waals surface area contributed by atoms with Crippen LogP contribution in [0.1, 0.15) is 32.3 Å². The number of benzene rings is 2. The number of rotatable bonds is 11. The maximum absolute atomic E-state index is 13.4. The number of hydrogen-bond donors (Lipinski definition) is 1. The molecule has 0 saturated heterocycles. The highest BCUT2D eigenvalue weighted by Gasteiger charge is 2.30. The van der Waals surface area contributed by atoms with E-state index in [4.69, 9.17) is 0 Å². The zero-order chi connectivity index (χ0) is 24.6. The number of halogens is 2. The van der Waals surface area contributed by atoms with E-state index in [1.165, 1.54) is 4.90 Å². The third kappa shape index (κ3) is 8.42. The summed E-state index contributed by atoms with van der Waals surface area (Å²) in [6.07, 6.45) is 2.83. The molecule has 2 amide bonds. The number of nitrogens with one attached hydrogen (secondary N) is 1. The molecule has 7 nitrogen and oxygen atoms in total. The van der Waals surface area contributed by atoms with Gasteiger partial charge in [-0.3, -0.25) is 13.9 Å². The summed E-state index contributed by atoms with van der Waals surface area (Å²) in [6.45, 7) is 3.96. The van der Waals surface area contributed by atoms with Crippen LogP contribution in [0.3, 0.4) is 0 Å². The maximum atomic E-state index is 13.4. The standard InChI is InChI=1S/C23H29Br2N3O4S/c1-4-5-13-26-23(30)17(2)27(15-18-9-11-19(24)12-10-18)22(29)16-28(33(3,31)32)21-8-6-7-20(25)14-21/h6-12,14,17H,4-5,13,15-16H2,1-3H3,(H,26,30). The highest BCUT2D eigenvalue weighted by Crippen LogP contribution is 2.23. The van der Waals surface area contributed by atoms with Crippen LogP contribution in [-0.2, 0) is 26.2 Å². The molecule has 1 N–H and O–H groups in total. The van der Waals surface area contributed by atoms with Crippen LogP contribution in [-0.4, -0.2) is 50.5 Å². The summed E-state index contributed by atoms with van der Waals surface area (Å²) >= 11 is 6.73. The molecule has 1 unspecified atom stereocenters. The molecule has 0 saturated carbocycles. The SMILES string of the molecule is CCCCNC(=O)C(C)N(Cc1ccc(Br)cc1)C(=O)CN(c1cccc(Br)c1)S(C)(=O)=O. The zero-order valence-corrected chi connectivity index (χ0v) is 22.9. The maximum Gasteiger partial charge on any atom is 0.244 e. The van der Waals surface area contributed by atoms with Crippen LogP contribution in [0.2, 0.25) is 0 Å². The summed E-state index contributed by atoms with van der Waals surface area (Å²) in [7, 11) is -3.75. The Morgan fingerprint density at radius 2 is 1.73 bits per heavy atom. The molecule has 1 atom stereocenters. The van der Waals surface area contributed by atoms with Gasteiger partial charge < -0.3 is 10.2 Å². The first-order valence-corrected chi connectivity index (χ1v) is 14.0. The Hall–Kier alpha value is -1.91. The lowest BCUT2D eigenvalue weighted by atomic mass is 10.1. The molecular weight excluding hydrogens is 574 g/mol. The van der Waals surface area contributed by atoms with E-state index in [-0.39, 0.29) is 12.5 Å². The van der Waals surface area contributed by atoms with Gasteiger partial charge in [-0.05, 0) is 49.2 Å². The number of anilines is 1. The smallest absolute Gasteiger partial charge is 0.244 e. The summed E-state index contributed by atoms with van der Waals surface area (Å²) in [5, 5.41) is 2.86. The number of nitrogens with zero attached hydrogens (tertiary/aromatic N) is 2. The fourth-order valence-electron chi connectivity index (χ4n) is 3.15. The minimum atomic E-state index is -3.75. The summed E-state index contributed by atoms with van der Waals surface area (Å²) in [6, 6.07) is 13.4. The van der Waals surface area contributed by atoms with Gasteiger partial charge in [0.05, 0.1) is 11.9 Å². The number of sulfonamides is 1. The van der Waals surface area contributed by atoms with Crippen LogP contribution in [0.15, 0.2) is 57.5 Å². The van der Waals surface area contributed by atoms with Crippen LogP contribution in [0, 0.1) is 0 Å². The van der Waals surface area contributed by atoms with E-state index in [9.17, 15) is 18.0 Å². The van der Waals surface area contributed by atoms with Crippen LogP contribution in [0.5, 0.6) is 0 Å². The van der Waals surface area contributed by atoms with Crippen LogP contribution in [0.25, 0.3) is 0 Å². The zero-order valence-electron chi connectivity index (χ0n) is 18.9. The predicted octanol–water partition coefficient (Wildman–Crippen LogP) is 4.31. The molecule has 0 spiro atoms. The van der Waals surface area contributed by atoms with Crippen molar-refractivity contribution in [3.05, 3.63) is 63.0 Å². The van der Waals surface area contributed by atoms with Crippen LogP contribution < -0.4 is 9.62 Å². The Labute approximate surface area is 212 Å². The van der Waals surface area contributed by atoms with E-state index in [0.29, 0.717) is 16.7 Å². The highest BCUT2D eigenvalue weighted by atomic mass is 79.9. The minimum absolute atomic E-state index is 0.171. The second kappa shape index (κ2) is 12.5. The normalized spacial score (nSPS) is 12.2. The quantitative estimate of drug-likeness (QED) is 0.388. The Morgan fingerprint density at radius 1 is 1.06 bits per heavy atom. The van der Waals surface area contributed by atoms with Crippen LogP contribution >= 0.6 is 31.9 Å². The predicted molar refractivity (Wildman–Crippen MR) is 138 cm³/mol. The Balaban J connectivity index is 2.33. The molecule has 2 rings (SSSR count). The van der Waals surface area contributed by atoms with E-state index in [1.54, 1.807) is 31.2 Å². The van der Waals surface area contributed by atoms with Gasteiger partial charge in [-0.2, -0.15) is 0 Å². The molecule has 0 aromatic heterocycles. The van der Waals surface area contributed by atoms with Crippen molar-refractivity contribution in [2.24, 2.45) is 0 Å². The largest absolute Gasteiger partial charge is 0.354 e. The summed E-state index contributed by atoms with van der Waals surface area (Å²) in [4.78, 5) is 27.6. The van der Waals surface area contributed by atoms with Crippen molar-refractivity contribution in [2.45, 2.75) is 39.3 Å². The molecule has 33 heavy (non-hydrogen) atoms. The van der Waals surface area contributed by atoms with Gasteiger partial charge in [0.25, 0.3) is 0 Å². The molecule has 2 aromatic rings. The third-order valence-electron chi connectivity index (χ3n) is 5.04. The fraction of sp³-hybridized carbons (Fsp3) is 0.391. The Kier molecular flexibility index (Phi) is 10.4. The van der Waals surface area contributed by atoms with E-state index < -0.39 is 28.5 Å². The van der Waals surface area contributed by atoms with Crippen molar-refractivity contribution in [3.8, 4) is 0 Å². The van der Waals surface area contributed by atoms with Gasteiger partial charge in [0.15, 0.2) is 0 Å². The van der Waals surface area contributed by atoms with E-state index in [2.05, 4.69) is 37.2 Å². The van der Waals surface area contributed by atoms with Crippen molar-refractivity contribution in [1.29, 1.82) is 0 Å². The lowest BCUT2D eigenvalue weighted by Crippen LogP contribution is -2.51. The van der Waals surface area contributed by atoms with Gasteiger partial charge in [0.1, 0.15) is 12.6 Å². The summed E-state index contributed by atoms with van der Waals surface area (Å²) in [5.41, 5.74) is 1.19. The Bertz CT molecular complexity index is 1060. The second-order valence-electron chi connectivity index (χ2n) is 7.72. The molecule has 2 aromatic carbocycles. The molecule has 0 fully saturated rings. The molecule has 0 heterocycles. The first kappa shape index (κ1) is 27.3. The van der Waals surface area contributed by atoms with Crippen molar-refractivity contribution >= 4 is 59.4 Å². The van der Waals surface area contributed by atoms with Gasteiger partial charge in [0, 0.05) is 22.0 Å². The highest BCUT2D eigenvalue weighted by molar-refractivity contribution is 9.10. The van der Waals surface area contributed by atoms with Gasteiger partial charge >= 0.3 is 0 Å². The number of carbonyl (C=O) groups is 2. The summed E-state index contributed by atoms with van der Waals surface area (Å²) in [5.74, 6) is -0.747. The van der Waals surface area contributed by atoms with E-state index in [0.717, 1.165) is 33.4 Å². The molecular formula is C23H29Br2N3O4S. The molecule has 0 aliphatic rings. The molecule has 0 aliphatic carbocycles. The second-order valence-corrected chi connectivity index (χ2v) is 11.5. The molecule has 0 bridgehead atoms. The summed E-state index contributed by atoms with van der Waals surface area (Å²) < 4.78 is 27.7. The van der Waals surface area contributed by atoms with Gasteiger partial charge in [-0.15, -0.1) is 0 Å². The van der Waals surface area contributed by atoms with Gasteiger partial charge in [-0.25, -0.2) is 8.42 Å². The number of carbonyl (C=O) groups excluding carboxylic acids is 2. The third-order valence-corrected chi connectivity index (χ3v) is 7.20. The number of hydrogen-bond acceptors (Lipinski definition) is 4. The number of amides is 2. The van der Waals surface area contributed by atoms with Crippen molar-refractivity contribution in [2.75, 3.05) is 23.7 Å². The lowest BCUT2D eigenvalue weighted by Gasteiger charge is -2.31. The first-order chi connectivity index (χ1) is 15.5. The minimum Gasteiger partial charge on any atom is -0.354 e. The first-order valence-electron chi connectivity index (χ1n) is 10.6.